The fraction of sp³-hybridized carbons (Fsp3) is 0.273. The summed E-state index contributed by atoms with van der Waals surface area (Å²) in [6, 6.07) is 8.50. The monoisotopic (exact) mass is 491 g/mol. The largest absolute Gasteiger partial charge is 0.470 e. The smallest absolute Gasteiger partial charge is 0.348 e. The Kier molecular flexibility index (Phi) is 8.07. The standard InChI is InChI=1S/C22H22ClN3O6S/c1-4-11-31-21(28)17-13(2)18(22(29)30-3)33-20(17)24-19(27)15-9-10-26(25-15)12-32-16-8-6-5-7-14(16)23/h5-10H,4,11-12H2,1-3H3,(H,24,27). The van der Waals surface area contributed by atoms with Crippen LogP contribution < -0.4 is 10.1 Å². The number of carbonyl (C=O) groups is 3. The minimum Gasteiger partial charge on any atom is -0.470 e. The van der Waals surface area contributed by atoms with E-state index in [0.717, 1.165) is 11.3 Å². The van der Waals surface area contributed by atoms with E-state index in [2.05, 4.69) is 10.4 Å². The fourth-order valence-electron chi connectivity index (χ4n) is 2.82. The summed E-state index contributed by atoms with van der Waals surface area (Å²) < 4.78 is 17.0. The molecule has 11 heteroatoms. The lowest BCUT2D eigenvalue weighted by Crippen LogP contribution is -2.16. The summed E-state index contributed by atoms with van der Waals surface area (Å²) >= 11 is 7.01. The highest BCUT2D eigenvalue weighted by molar-refractivity contribution is 7.18. The van der Waals surface area contributed by atoms with Crippen LogP contribution in [-0.4, -0.2) is 41.3 Å². The molecule has 0 unspecified atom stereocenters. The van der Waals surface area contributed by atoms with Gasteiger partial charge >= 0.3 is 11.9 Å². The van der Waals surface area contributed by atoms with Gasteiger partial charge in [-0.25, -0.2) is 14.3 Å². The average Bonchev–Trinajstić information content (AvgIpc) is 3.41. The number of aromatic nitrogens is 2. The number of ether oxygens (including phenoxy) is 3. The molecule has 3 aromatic rings. The Labute approximate surface area is 199 Å². The van der Waals surface area contributed by atoms with Gasteiger partial charge in [-0.15, -0.1) is 11.3 Å². The molecule has 0 saturated heterocycles. The van der Waals surface area contributed by atoms with Crippen LogP contribution in [0, 0.1) is 6.92 Å². The first-order chi connectivity index (χ1) is 15.8. The van der Waals surface area contributed by atoms with Crippen molar-refractivity contribution in [3.8, 4) is 5.75 Å². The second-order valence-corrected chi connectivity index (χ2v) is 8.21. The second kappa shape index (κ2) is 11.0. The molecular weight excluding hydrogens is 470 g/mol. The first-order valence-electron chi connectivity index (χ1n) is 9.96. The zero-order valence-electron chi connectivity index (χ0n) is 18.2. The van der Waals surface area contributed by atoms with Crippen molar-refractivity contribution < 1.29 is 28.6 Å². The highest BCUT2D eigenvalue weighted by Crippen LogP contribution is 2.34. The number of methoxy groups -OCH3 is 1. The number of benzene rings is 1. The van der Waals surface area contributed by atoms with Gasteiger partial charge in [0.1, 0.15) is 15.6 Å². The summed E-state index contributed by atoms with van der Waals surface area (Å²) in [6.45, 7) is 3.71. The van der Waals surface area contributed by atoms with Gasteiger partial charge in [-0.05, 0) is 37.1 Å². The lowest BCUT2D eigenvalue weighted by molar-refractivity contribution is 0.0506. The van der Waals surface area contributed by atoms with Gasteiger partial charge in [0, 0.05) is 6.20 Å². The molecule has 0 aliphatic heterocycles. The Hall–Kier alpha value is -3.37. The molecule has 1 aromatic carbocycles. The summed E-state index contributed by atoms with van der Waals surface area (Å²) in [5, 5.41) is 7.48. The van der Waals surface area contributed by atoms with Crippen molar-refractivity contribution >= 4 is 45.8 Å². The molecule has 1 N–H and O–H groups in total. The maximum atomic E-state index is 12.8. The summed E-state index contributed by atoms with van der Waals surface area (Å²) in [5.41, 5.74) is 0.585. The molecule has 3 rings (SSSR count). The highest BCUT2D eigenvalue weighted by atomic mass is 35.5. The van der Waals surface area contributed by atoms with Crippen LogP contribution in [0.2, 0.25) is 5.02 Å². The van der Waals surface area contributed by atoms with E-state index in [1.165, 1.54) is 17.9 Å². The average molecular weight is 492 g/mol. The van der Waals surface area contributed by atoms with Gasteiger partial charge < -0.3 is 19.5 Å². The van der Waals surface area contributed by atoms with E-state index in [0.29, 0.717) is 22.8 Å². The molecule has 0 aliphatic carbocycles. The number of anilines is 1. The predicted molar refractivity (Wildman–Crippen MR) is 123 cm³/mol. The number of nitrogens with zero attached hydrogens (tertiary/aromatic N) is 2. The van der Waals surface area contributed by atoms with Crippen molar-refractivity contribution in [2.24, 2.45) is 0 Å². The lowest BCUT2D eigenvalue weighted by Gasteiger charge is -2.08. The van der Waals surface area contributed by atoms with Crippen LogP contribution in [0.1, 0.15) is 49.4 Å². The van der Waals surface area contributed by atoms with Gasteiger partial charge in [-0.3, -0.25) is 4.79 Å². The van der Waals surface area contributed by atoms with Gasteiger partial charge in [0.05, 0.1) is 24.3 Å². The van der Waals surface area contributed by atoms with Crippen molar-refractivity contribution in [1.82, 2.24) is 9.78 Å². The number of amides is 1. The fourth-order valence-corrected chi connectivity index (χ4v) is 4.12. The Morgan fingerprint density at radius 1 is 1.18 bits per heavy atom. The number of hydrogen-bond acceptors (Lipinski definition) is 8. The van der Waals surface area contributed by atoms with Gasteiger partial charge in [-0.1, -0.05) is 30.7 Å². The van der Waals surface area contributed by atoms with Crippen LogP contribution in [0.15, 0.2) is 36.5 Å². The molecule has 0 radical (unpaired) electrons. The normalized spacial score (nSPS) is 10.5. The molecule has 174 valence electrons. The number of hydrogen-bond donors (Lipinski definition) is 1. The van der Waals surface area contributed by atoms with Crippen LogP contribution in [0.4, 0.5) is 5.00 Å². The summed E-state index contributed by atoms with van der Waals surface area (Å²) in [5.74, 6) is -1.31. The second-order valence-electron chi connectivity index (χ2n) is 6.79. The summed E-state index contributed by atoms with van der Waals surface area (Å²) in [7, 11) is 1.24. The molecule has 33 heavy (non-hydrogen) atoms. The number of rotatable bonds is 9. The molecule has 0 spiro atoms. The molecule has 0 fully saturated rings. The highest BCUT2D eigenvalue weighted by Gasteiger charge is 2.27. The minimum atomic E-state index is -0.630. The van der Waals surface area contributed by atoms with Gasteiger partial charge in [0.25, 0.3) is 5.91 Å². The SMILES string of the molecule is CCCOC(=O)c1c(NC(=O)c2ccn(COc3ccccc3Cl)n2)sc(C(=O)OC)c1C. The number of carbonyl (C=O) groups excluding carboxylic acids is 3. The third-order valence-electron chi connectivity index (χ3n) is 4.45. The van der Waals surface area contributed by atoms with Crippen LogP contribution in [-0.2, 0) is 16.2 Å². The third kappa shape index (κ3) is 5.71. The van der Waals surface area contributed by atoms with Gasteiger partial charge in [0.2, 0.25) is 0 Å². The van der Waals surface area contributed by atoms with Crippen molar-refractivity contribution in [3.05, 3.63) is 63.2 Å². The van der Waals surface area contributed by atoms with Crippen LogP contribution in [0.25, 0.3) is 0 Å². The number of para-hydroxylation sites is 1. The minimum absolute atomic E-state index is 0.0379. The van der Waals surface area contributed by atoms with Crippen molar-refractivity contribution in [3.63, 3.8) is 0 Å². The van der Waals surface area contributed by atoms with E-state index >= 15 is 0 Å². The molecule has 2 aromatic heterocycles. The van der Waals surface area contributed by atoms with Crippen LogP contribution >= 0.6 is 22.9 Å². The maximum Gasteiger partial charge on any atom is 0.348 e. The molecule has 9 nitrogen and oxygen atoms in total. The Morgan fingerprint density at radius 2 is 1.94 bits per heavy atom. The number of nitrogens with one attached hydrogen (secondary N) is 1. The Bertz CT molecular complexity index is 1170. The van der Waals surface area contributed by atoms with Crippen LogP contribution in [0.3, 0.4) is 0 Å². The van der Waals surface area contributed by atoms with E-state index in [-0.39, 0.29) is 34.5 Å². The van der Waals surface area contributed by atoms with Gasteiger partial charge in [0.15, 0.2) is 12.4 Å². The first-order valence-corrected chi connectivity index (χ1v) is 11.2. The van der Waals surface area contributed by atoms with E-state index in [1.54, 1.807) is 37.4 Å². The first kappa shape index (κ1) is 24.3. The predicted octanol–water partition coefficient (Wildman–Crippen LogP) is 4.55. The zero-order valence-corrected chi connectivity index (χ0v) is 19.8. The summed E-state index contributed by atoms with van der Waals surface area (Å²) in [6.07, 6.45) is 2.20. The maximum absolute atomic E-state index is 12.8. The van der Waals surface area contributed by atoms with Crippen molar-refractivity contribution in [1.29, 1.82) is 0 Å². The van der Waals surface area contributed by atoms with Crippen molar-refractivity contribution in [2.75, 3.05) is 19.0 Å². The number of halogens is 1. The van der Waals surface area contributed by atoms with E-state index in [9.17, 15) is 14.4 Å². The molecule has 0 bridgehead atoms. The zero-order chi connectivity index (χ0) is 24.0. The quantitative estimate of drug-likeness (QED) is 0.437. The lowest BCUT2D eigenvalue weighted by atomic mass is 10.1. The molecular formula is C22H22ClN3O6S. The molecule has 0 aliphatic rings. The van der Waals surface area contributed by atoms with E-state index in [4.69, 9.17) is 25.8 Å². The number of esters is 2. The van der Waals surface area contributed by atoms with Crippen molar-refractivity contribution in [2.45, 2.75) is 27.0 Å². The van der Waals surface area contributed by atoms with Gasteiger partial charge in [-0.2, -0.15) is 5.10 Å². The molecule has 1 amide bonds. The number of thiophene rings is 1. The Morgan fingerprint density at radius 3 is 2.64 bits per heavy atom. The van der Waals surface area contributed by atoms with Crippen LogP contribution in [0.5, 0.6) is 5.75 Å². The summed E-state index contributed by atoms with van der Waals surface area (Å²) in [4.78, 5) is 37.7. The Balaban J connectivity index is 1.77. The topological polar surface area (TPSA) is 109 Å². The van der Waals surface area contributed by atoms with E-state index < -0.39 is 17.8 Å². The molecule has 2 heterocycles. The molecule has 0 atom stereocenters. The van der Waals surface area contributed by atoms with E-state index in [1.807, 2.05) is 6.92 Å². The third-order valence-corrected chi connectivity index (χ3v) is 5.95. The molecule has 0 saturated carbocycles.